The van der Waals surface area contributed by atoms with Crippen molar-refractivity contribution in [1.29, 1.82) is 0 Å². The average Bonchev–Trinajstić information content (AvgIpc) is 3.59. The molecule has 10 aromatic rings. The van der Waals surface area contributed by atoms with Gasteiger partial charge in [-0.05, 0) is 68.1 Å². The number of nitrogens with zero attached hydrogens (tertiary/aromatic N) is 3. The van der Waals surface area contributed by atoms with Gasteiger partial charge in [-0.2, -0.15) is 0 Å². The van der Waals surface area contributed by atoms with Gasteiger partial charge in [0.15, 0.2) is 17.5 Å². The molecule has 0 spiro atoms. The fourth-order valence-corrected chi connectivity index (χ4v) is 7.29. The second-order valence-corrected chi connectivity index (χ2v) is 12.8. The molecule has 0 unspecified atom stereocenters. The second-order valence-electron chi connectivity index (χ2n) is 12.8. The fourth-order valence-electron chi connectivity index (χ4n) is 7.29. The molecule has 0 saturated heterocycles. The Kier molecular flexibility index (Phi) is 6.78. The van der Waals surface area contributed by atoms with Crippen LogP contribution in [0.1, 0.15) is 0 Å². The van der Waals surface area contributed by atoms with Crippen LogP contribution in [0.2, 0.25) is 0 Å². The zero-order chi connectivity index (χ0) is 33.7. The highest BCUT2D eigenvalue weighted by molar-refractivity contribution is 6.12. The Bertz CT molecular complexity index is 2920. The topological polar surface area (TPSA) is 51.8 Å². The lowest BCUT2D eigenvalue weighted by atomic mass is 9.92. The van der Waals surface area contributed by atoms with Crippen molar-refractivity contribution in [2.24, 2.45) is 0 Å². The van der Waals surface area contributed by atoms with E-state index in [9.17, 15) is 0 Å². The van der Waals surface area contributed by atoms with Gasteiger partial charge in [-0.1, -0.05) is 152 Å². The van der Waals surface area contributed by atoms with Crippen LogP contribution in [-0.4, -0.2) is 15.0 Å². The van der Waals surface area contributed by atoms with Crippen molar-refractivity contribution < 1.29 is 4.42 Å². The van der Waals surface area contributed by atoms with Crippen LogP contribution >= 0.6 is 0 Å². The Morgan fingerprint density at radius 3 is 1.73 bits per heavy atom. The fraction of sp³-hybridized carbons (Fsp3) is 0. The predicted octanol–water partition coefficient (Wildman–Crippen LogP) is 12.4. The number of furan rings is 1. The zero-order valence-electron chi connectivity index (χ0n) is 27.5. The van der Waals surface area contributed by atoms with Gasteiger partial charge in [0, 0.05) is 27.5 Å². The quantitative estimate of drug-likeness (QED) is 0.186. The normalized spacial score (nSPS) is 11.5. The summed E-state index contributed by atoms with van der Waals surface area (Å²) in [6, 6.07) is 61.2. The molecule has 0 aliphatic rings. The number of hydrogen-bond acceptors (Lipinski definition) is 4. The van der Waals surface area contributed by atoms with E-state index in [4.69, 9.17) is 19.4 Å². The molecule has 10 rings (SSSR count). The summed E-state index contributed by atoms with van der Waals surface area (Å²) < 4.78 is 6.23. The highest BCUT2D eigenvalue weighted by atomic mass is 16.3. The highest BCUT2D eigenvalue weighted by Crippen LogP contribution is 2.38. The Balaban J connectivity index is 1.13. The van der Waals surface area contributed by atoms with Crippen LogP contribution in [0.4, 0.5) is 0 Å². The molecule has 0 atom stereocenters. The highest BCUT2D eigenvalue weighted by Gasteiger charge is 2.18. The molecular weight excluding hydrogens is 623 g/mol. The summed E-state index contributed by atoms with van der Waals surface area (Å²) in [5, 5.41) is 6.93. The first-order valence-corrected chi connectivity index (χ1v) is 17.1. The molecule has 238 valence electrons. The van der Waals surface area contributed by atoms with Gasteiger partial charge in [0.05, 0.1) is 0 Å². The first-order chi connectivity index (χ1) is 25.3. The summed E-state index contributed by atoms with van der Waals surface area (Å²) in [5.41, 5.74) is 9.07. The van der Waals surface area contributed by atoms with Gasteiger partial charge in [0.1, 0.15) is 11.2 Å². The molecule has 0 aliphatic heterocycles. The van der Waals surface area contributed by atoms with Crippen molar-refractivity contribution in [2.75, 3.05) is 0 Å². The van der Waals surface area contributed by atoms with E-state index in [2.05, 4.69) is 115 Å². The monoisotopic (exact) mass is 651 g/mol. The molecule has 2 aromatic heterocycles. The molecule has 0 amide bonds. The Morgan fingerprint density at radius 1 is 0.314 bits per heavy atom. The van der Waals surface area contributed by atoms with E-state index in [1.165, 1.54) is 32.7 Å². The smallest absolute Gasteiger partial charge is 0.164 e. The maximum atomic E-state index is 6.23. The predicted molar refractivity (Wildman–Crippen MR) is 209 cm³/mol. The first kappa shape index (κ1) is 29.0. The molecule has 0 N–H and O–H groups in total. The number of benzene rings is 8. The van der Waals surface area contributed by atoms with Gasteiger partial charge < -0.3 is 4.42 Å². The largest absolute Gasteiger partial charge is 0.456 e. The standard InChI is InChI=1S/C47H29N3O/c1-2-13-32(14-3-1)45-48-46(50-47(49-45)40-23-11-25-43-44(40)39-20-6-7-24-42(39)51-43)35-18-8-17-33(28-35)34-27-26-31-16-10-22-38(41(31)29-34)37-21-9-15-30-12-4-5-19-36(30)37/h1-29H. The summed E-state index contributed by atoms with van der Waals surface area (Å²) in [6.45, 7) is 0. The number of aromatic nitrogens is 3. The lowest BCUT2D eigenvalue weighted by molar-refractivity contribution is 0.669. The molecule has 0 fully saturated rings. The summed E-state index contributed by atoms with van der Waals surface area (Å²) >= 11 is 0. The average molecular weight is 652 g/mol. The van der Waals surface area contributed by atoms with Crippen molar-refractivity contribution in [3.8, 4) is 56.4 Å². The van der Waals surface area contributed by atoms with Crippen LogP contribution in [0.3, 0.4) is 0 Å². The van der Waals surface area contributed by atoms with Crippen LogP contribution in [0.25, 0.3) is 99.9 Å². The zero-order valence-corrected chi connectivity index (χ0v) is 27.5. The number of para-hydroxylation sites is 1. The second kappa shape index (κ2) is 11.9. The van der Waals surface area contributed by atoms with E-state index in [-0.39, 0.29) is 0 Å². The van der Waals surface area contributed by atoms with Gasteiger partial charge in [-0.3, -0.25) is 0 Å². The van der Waals surface area contributed by atoms with E-state index in [1.807, 2.05) is 60.7 Å². The van der Waals surface area contributed by atoms with Crippen LogP contribution in [0.5, 0.6) is 0 Å². The van der Waals surface area contributed by atoms with Crippen molar-refractivity contribution in [3.63, 3.8) is 0 Å². The van der Waals surface area contributed by atoms with Gasteiger partial charge >= 0.3 is 0 Å². The summed E-state index contributed by atoms with van der Waals surface area (Å²) in [5.74, 6) is 1.84. The molecule has 4 nitrogen and oxygen atoms in total. The van der Waals surface area contributed by atoms with Crippen molar-refractivity contribution in [3.05, 3.63) is 176 Å². The molecule has 0 radical (unpaired) electrons. The molecule has 4 heteroatoms. The maximum Gasteiger partial charge on any atom is 0.164 e. The van der Waals surface area contributed by atoms with Crippen LogP contribution in [0.15, 0.2) is 180 Å². The minimum atomic E-state index is 0.604. The van der Waals surface area contributed by atoms with E-state index in [1.54, 1.807) is 0 Å². The van der Waals surface area contributed by atoms with Gasteiger partial charge in [0.2, 0.25) is 0 Å². The van der Waals surface area contributed by atoms with Gasteiger partial charge in [0.25, 0.3) is 0 Å². The molecule has 0 saturated carbocycles. The van der Waals surface area contributed by atoms with Crippen LogP contribution in [-0.2, 0) is 0 Å². The van der Waals surface area contributed by atoms with Crippen LogP contribution < -0.4 is 0 Å². The number of fused-ring (bicyclic) bond motifs is 5. The maximum absolute atomic E-state index is 6.23. The molecule has 0 aliphatic carbocycles. The van der Waals surface area contributed by atoms with E-state index in [0.29, 0.717) is 17.5 Å². The summed E-state index contributed by atoms with van der Waals surface area (Å²) in [7, 11) is 0. The van der Waals surface area contributed by atoms with Crippen molar-refractivity contribution in [2.45, 2.75) is 0 Å². The van der Waals surface area contributed by atoms with E-state index < -0.39 is 0 Å². The Morgan fingerprint density at radius 2 is 0.863 bits per heavy atom. The number of rotatable bonds is 5. The summed E-state index contributed by atoms with van der Waals surface area (Å²) in [4.78, 5) is 15.2. The molecule has 0 bridgehead atoms. The first-order valence-electron chi connectivity index (χ1n) is 17.1. The van der Waals surface area contributed by atoms with Gasteiger partial charge in [-0.25, -0.2) is 15.0 Å². The van der Waals surface area contributed by atoms with Crippen molar-refractivity contribution in [1.82, 2.24) is 15.0 Å². The third-order valence-electron chi connectivity index (χ3n) is 9.73. The van der Waals surface area contributed by atoms with Crippen molar-refractivity contribution >= 4 is 43.5 Å². The summed E-state index contributed by atoms with van der Waals surface area (Å²) in [6.07, 6.45) is 0. The third kappa shape index (κ3) is 5.04. The molecule has 8 aromatic carbocycles. The van der Waals surface area contributed by atoms with E-state index >= 15 is 0 Å². The molecule has 2 heterocycles. The van der Waals surface area contributed by atoms with Gasteiger partial charge in [-0.15, -0.1) is 0 Å². The molecular formula is C47H29N3O. The SMILES string of the molecule is c1ccc(-c2nc(-c3cccc(-c4ccc5cccc(-c6cccc7ccccc67)c5c4)c3)nc(-c3cccc4oc5ccccc5c34)n2)cc1. The minimum Gasteiger partial charge on any atom is -0.456 e. The Hall–Kier alpha value is -6.91. The number of hydrogen-bond donors (Lipinski definition) is 0. The lowest BCUT2D eigenvalue weighted by Crippen LogP contribution is -2.00. The van der Waals surface area contributed by atoms with Crippen LogP contribution in [0, 0.1) is 0 Å². The Labute approximate surface area is 294 Å². The minimum absolute atomic E-state index is 0.604. The lowest BCUT2D eigenvalue weighted by Gasteiger charge is -2.13. The molecule has 51 heavy (non-hydrogen) atoms. The van der Waals surface area contributed by atoms with E-state index in [0.717, 1.165) is 49.8 Å². The third-order valence-corrected chi connectivity index (χ3v) is 9.73.